The number of benzene rings is 1. The van der Waals surface area contributed by atoms with Gasteiger partial charge in [-0.3, -0.25) is 0 Å². The van der Waals surface area contributed by atoms with E-state index >= 15 is 0 Å². The molecule has 0 saturated carbocycles. The zero-order chi connectivity index (χ0) is 15.3. The first-order chi connectivity index (χ1) is 8.97. The van der Waals surface area contributed by atoms with E-state index in [1.807, 2.05) is 18.2 Å². The third-order valence-corrected chi connectivity index (χ3v) is 6.55. The van der Waals surface area contributed by atoms with Crippen LogP contribution in [-0.2, 0) is 15.3 Å². The maximum atomic E-state index is 11.9. The second-order valence-corrected chi connectivity index (χ2v) is 9.38. The standard InChI is InChI=1S/C15H23NO3S/c1-14(2)9-19-12-7-6-10(8-11(12)14)13(16)15(3,4)20(5,17)18/h6-8,13H,9,16H2,1-5H3. The second-order valence-electron chi connectivity index (χ2n) is 6.78. The molecular weight excluding hydrogens is 274 g/mol. The average molecular weight is 297 g/mol. The Bertz CT molecular complexity index is 633. The highest BCUT2D eigenvalue weighted by atomic mass is 32.2. The number of rotatable bonds is 3. The van der Waals surface area contributed by atoms with Crippen LogP contribution in [0.1, 0.15) is 44.9 Å². The molecule has 20 heavy (non-hydrogen) atoms. The molecule has 0 fully saturated rings. The molecular formula is C15H23NO3S. The van der Waals surface area contributed by atoms with Crippen LogP contribution in [0.2, 0.25) is 0 Å². The Hall–Kier alpha value is -1.07. The number of hydrogen-bond acceptors (Lipinski definition) is 4. The quantitative estimate of drug-likeness (QED) is 0.928. The van der Waals surface area contributed by atoms with Gasteiger partial charge in [-0.25, -0.2) is 8.42 Å². The minimum atomic E-state index is -3.25. The molecule has 0 spiro atoms. The summed E-state index contributed by atoms with van der Waals surface area (Å²) in [6.45, 7) is 8.19. The van der Waals surface area contributed by atoms with Gasteiger partial charge in [0.05, 0.1) is 11.4 Å². The van der Waals surface area contributed by atoms with Crippen molar-refractivity contribution in [2.45, 2.75) is 43.9 Å². The van der Waals surface area contributed by atoms with Crippen LogP contribution >= 0.6 is 0 Å². The number of hydrogen-bond donors (Lipinski definition) is 1. The smallest absolute Gasteiger partial charge is 0.154 e. The zero-order valence-corrected chi connectivity index (χ0v) is 13.5. The normalized spacial score (nSPS) is 19.3. The van der Waals surface area contributed by atoms with Crippen molar-refractivity contribution in [1.29, 1.82) is 0 Å². The lowest BCUT2D eigenvalue weighted by Crippen LogP contribution is -2.42. The second kappa shape index (κ2) is 4.46. The molecule has 1 aliphatic rings. The van der Waals surface area contributed by atoms with Gasteiger partial charge in [-0.1, -0.05) is 19.9 Å². The van der Waals surface area contributed by atoms with Crippen molar-refractivity contribution in [3.63, 3.8) is 0 Å². The van der Waals surface area contributed by atoms with Crippen LogP contribution in [0.4, 0.5) is 0 Å². The van der Waals surface area contributed by atoms with Crippen LogP contribution in [-0.4, -0.2) is 26.0 Å². The fourth-order valence-corrected chi connectivity index (χ4v) is 2.96. The number of nitrogens with two attached hydrogens (primary N) is 1. The van der Waals surface area contributed by atoms with E-state index in [0.717, 1.165) is 16.9 Å². The van der Waals surface area contributed by atoms with Crippen LogP contribution in [0.15, 0.2) is 18.2 Å². The first-order valence-corrected chi connectivity index (χ1v) is 8.58. The summed E-state index contributed by atoms with van der Waals surface area (Å²) in [4.78, 5) is 0. The molecule has 0 radical (unpaired) electrons. The fourth-order valence-electron chi connectivity index (χ4n) is 2.36. The molecule has 5 heteroatoms. The highest BCUT2D eigenvalue weighted by Crippen LogP contribution is 2.41. The lowest BCUT2D eigenvalue weighted by Gasteiger charge is -2.30. The molecule has 2 rings (SSSR count). The summed E-state index contributed by atoms with van der Waals surface area (Å²) in [5, 5.41) is 0. The number of fused-ring (bicyclic) bond motifs is 1. The fraction of sp³-hybridized carbons (Fsp3) is 0.600. The van der Waals surface area contributed by atoms with E-state index in [9.17, 15) is 8.42 Å². The summed E-state index contributed by atoms with van der Waals surface area (Å²) in [5.41, 5.74) is 8.08. The van der Waals surface area contributed by atoms with E-state index in [2.05, 4.69) is 13.8 Å². The zero-order valence-electron chi connectivity index (χ0n) is 12.7. The maximum Gasteiger partial charge on any atom is 0.154 e. The predicted octanol–water partition coefficient (Wildman–Crippen LogP) is 2.18. The first-order valence-electron chi connectivity index (χ1n) is 6.69. The lowest BCUT2D eigenvalue weighted by atomic mass is 9.84. The minimum absolute atomic E-state index is 0.0692. The van der Waals surface area contributed by atoms with Gasteiger partial charge in [0.25, 0.3) is 0 Å². The van der Waals surface area contributed by atoms with Crippen LogP contribution in [0.25, 0.3) is 0 Å². The van der Waals surface area contributed by atoms with Gasteiger partial charge in [0.1, 0.15) is 5.75 Å². The van der Waals surface area contributed by atoms with Crippen LogP contribution in [0.3, 0.4) is 0 Å². The molecule has 1 heterocycles. The summed E-state index contributed by atoms with van der Waals surface area (Å²) in [5.74, 6) is 0.864. The monoisotopic (exact) mass is 297 g/mol. The van der Waals surface area contributed by atoms with Gasteiger partial charge < -0.3 is 10.5 Å². The molecule has 1 aromatic rings. The molecule has 1 unspecified atom stereocenters. The van der Waals surface area contributed by atoms with Crippen LogP contribution in [0, 0.1) is 0 Å². The maximum absolute atomic E-state index is 11.9. The third-order valence-electron chi connectivity index (χ3n) is 4.39. The molecule has 0 amide bonds. The first kappa shape index (κ1) is 15.3. The van der Waals surface area contributed by atoms with E-state index in [4.69, 9.17) is 10.5 Å². The molecule has 0 aliphatic carbocycles. The summed E-state index contributed by atoms with van der Waals surface area (Å²) in [6, 6.07) is 5.16. The summed E-state index contributed by atoms with van der Waals surface area (Å²) < 4.78 is 28.5. The van der Waals surface area contributed by atoms with Gasteiger partial charge in [0, 0.05) is 23.3 Å². The van der Waals surface area contributed by atoms with Gasteiger partial charge in [0.2, 0.25) is 0 Å². The third kappa shape index (κ3) is 2.33. The topological polar surface area (TPSA) is 69.4 Å². The summed E-state index contributed by atoms with van der Waals surface area (Å²) in [7, 11) is -3.25. The Kier molecular flexibility index (Phi) is 3.42. The molecule has 112 valence electrons. The molecule has 0 saturated heterocycles. The van der Waals surface area contributed by atoms with Gasteiger partial charge >= 0.3 is 0 Å². The Morgan fingerprint density at radius 1 is 1.35 bits per heavy atom. The summed E-state index contributed by atoms with van der Waals surface area (Å²) >= 11 is 0. The van der Waals surface area contributed by atoms with Crippen LogP contribution < -0.4 is 10.5 Å². The highest BCUT2D eigenvalue weighted by molar-refractivity contribution is 7.92. The van der Waals surface area contributed by atoms with Crippen molar-refractivity contribution in [3.05, 3.63) is 29.3 Å². The number of sulfone groups is 1. The van der Waals surface area contributed by atoms with Gasteiger partial charge in [-0.15, -0.1) is 0 Å². The van der Waals surface area contributed by atoms with E-state index in [0.29, 0.717) is 6.61 Å². The van der Waals surface area contributed by atoms with Gasteiger partial charge in [0.15, 0.2) is 9.84 Å². The van der Waals surface area contributed by atoms with Crippen molar-refractivity contribution < 1.29 is 13.2 Å². The Labute approximate surface area is 121 Å². The molecule has 1 aliphatic heterocycles. The van der Waals surface area contributed by atoms with Crippen molar-refractivity contribution in [3.8, 4) is 5.75 Å². The van der Waals surface area contributed by atoms with Gasteiger partial charge in [-0.05, 0) is 31.5 Å². The van der Waals surface area contributed by atoms with E-state index < -0.39 is 20.6 Å². The van der Waals surface area contributed by atoms with E-state index in [-0.39, 0.29) is 5.41 Å². The van der Waals surface area contributed by atoms with Crippen molar-refractivity contribution in [1.82, 2.24) is 0 Å². The molecule has 2 N–H and O–H groups in total. The van der Waals surface area contributed by atoms with E-state index in [1.54, 1.807) is 13.8 Å². The van der Waals surface area contributed by atoms with Crippen molar-refractivity contribution in [2.24, 2.45) is 5.73 Å². The van der Waals surface area contributed by atoms with Crippen molar-refractivity contribution in [2.75, 3.05) is 12.9 Å². The van der Waals surface area contributed by atoms with Gasteiger partial charge in [-0.2, -0.15) is 0 Å². The average Bonchev–Trinajstić information content (AvgIpc) is 2.63. The molecule has 1 aromatic carbocycles. The van der Waals surface area contributed by atoms with Crippen LogP contribution in [0.5, 0.6) is 5.75 Å². The Balaban J connectivity index is 2.46. The number of ether oxygens (including phenoxy) is 1. The van der Waals surface area contributed by atoms with E-state index in [1.165, 1.54) is 6.26 Å². The lowest BCUT2D eigenvalue weighted by molar-refractivity contribution is 0.291. The predicted molar refractivity (Wildman–Crippen MR) is 80.8 cm³/mol. The van der Waals surface area contributed by atoms with Crippen molar-refractivity contribution >= 4 is 9.84 Å². The minimum Gasteiger partial charge on any atom is -0.492 e. The molecule has 0 bridgehead atoms. The Morgan fingerprint density at radius 2 is 1.95 bits per heavy atom. The summed E-state index contributed by atoms with van der Waals surface area (Å²) in [6.07, 6.45) is 1.23. The molecule has 0 aromatic heterocycles. The molecule has 4 nitrogen and oxygen atoms in total. The highest BCUT2D eigenvalue weighted by Gasteiger charge is 2.39. The Morgan fingerprint density at radius 3 is 2.50 bits per heavy atom. The molecule has 1 atom stereocenters. The SMILES string of the molecule is CC1(C)COc2ccc(C(N)C(C)(C)S(C)(=O)=O)cc21. The largest absolute Gasteiger partial charge is 0.492 e.